The fourth-order valence-corrected chi connectivity index (χ4v) is 3.51. The molecule has 5 heteroatoms. The number of pyridine rings is 1. The summed E-state index contributed by atoms with van der Waals surface area (Å²) in [6.07, 6.45) is 6.50. The Kier molecular flexibility index (Phi) is 3.61. The molecule has 2 aliphatic rings. The number of β-amino-alcohol motifs (C(OH)–C–C–N with tert-alkyl or cyclic N) is 1. The van der Waals surface area contributed by atoms with E-state index >= 15 is 0 Å². The van der Waals surface area contributed by atoms with Crippen molar-refractivity contribution in [1.29, 1.82) is 0 Å². The Balaban J connectivity index is 1.76. The van der Waals surface area contributed by atoms with E-state index in [4.69, 9.17) is 5.11 Å². The number of aromatic nitrogens is 1. The van der Waals surface area contributed by atoms with Gasteiger partial charge in [-0.05, 0) is 31.4 Å². The quantitative estimate of drug-likeness (QED) is 0.890. The lowest BCUT2D eigenvalue weighted by Gasteiger charge is -2.39. The minimum absolute atomic E-state index is 0.0515. The van der Waals surface area contributed by atoms with E-state index in [1.165, 1.54) is 0 Å². The molecule has 1 amide bonds. The summed E-state index contributed by atoms with van der Waals surface area (Å²) in [5, 5.41) is 9.09. The van der Waals surface area contributed by atoms with E-state index in [-0.39, 0.29) is 17.9 Å². The van der Waals surface area contributed by atoms with E-state index in [1.54, 1.807) is 12.4 Å². The number of anilines is 1. The highest BCUT2D eigenvalue weighted by Crippen LogP contribution is 2.41. The van der Waals surface area contributed by atoms with Crippen molar-refractivity contribution >= 4 is 11.6 Å². The van der Waals surface area contributed by atoms with Crippen LogP contribution in [0, 0.1) is 5.41 Å². The Morgan fingerprint density at radius 1 is 1.25 bits per heavy atom. The summed E-state index contributed by atoms with van der Waals surface area (Å²) in [6, 6.07) is 4.00. The van der Waals surface area contributed by atoms with Gasteiger partial charge in [0.1, 0.15) is 0 Å². The van der Waals surface area contributed by atoms with Crippen LogP contribution < -0.4 is 4.90 Å². The molecule has 1 atom stereocenters. The van der Waals surface area contributed by atoms with Gasteiger partial charge in [-0.15, -0.1) is 0 Å². The summed E-state index contributed by atoms with van der Waals surface area (Å²) >= 11 is 0. The van der Waals surface area contributed by atoms with E-state index in [0.29, 0.717) is 6.54 Å². The average molecular weight is 275 g/mol. The normalized spacial score (nSPS) is 26.6. The third-order valence-electron chi connectivity index (χ3n) is 4.58. The number of piperidine rings is 1. The molecule has 5 nitrogen and oxygen atoms in total. The first-order valence-corrected chi connectivity index (χ1v) is 7.30. The van der Waals surface area contributed by atoms with Crippen molar-refractivity contribution in [2.24, 2.45) is 5.41 Å². The lowest BCUT2D eigenvalue weighted by atomic mass is 9.78. The third kappa shape index (κ3) is 2.26. The number of hydrogen-bond donors (Lipinski definition) is 1. The minimum atomic E-state index is -0.239. The van der Waals surface area contributed by atoms with Gasteiger partial charge in [-0.1, -0.05) is 0 Å². The van der Waals surface area contributed by atoms with Crippen LogP contribution in [-0.2, 0) is 4.79 Å². The number of carbonyl (C=O) groups excluding carboxylic acids is 1. The van der Waals surface area contributed by atoms with Crippen molar-refractivity contribution in [2.45, 2.75) is 19.3 Å². The van der Waals surface area contributed by atoms with Gasteiger partial charge in [-0.2, -0.15) is 0 Å². The number of rotatable bonds is 3. The number of likely N-dealkylation sites (tertiary alicyclic amines) is 1. The van der Waals surface area contributed by atoms with E-state index in [1.807, 2.05) is 17.0 Å². The standard InChI is InChI=1S/C15H21N3O2/c19-11-10-17-8-1-4-15(14(17)20)5-9-18(12-15)13-2-6-16-7-3-13/h2-3,6-7,19H,1,4-5,8-12H2. The van der Waals surface area contributed by atoms with Gasteiger partial charge in [-0.3, -0.25) is 9.78 Å². The SMILES string of the molecule is O=C1N(CCO)CCCC12CCN(c1ccncc1)C2. The van der Waals surface area contributed by atoms with E-state index in [9.17, 15) is 4.79 Å². The van der Waals surface area contributed by atoms with Crippen molar-refractivity contribution in [3.8, 4) is 0 Å². The van der Waals surface area contributed by atoms with Crippen LogP contribution in [0.15, 0.2) is 24.5 Å². The summed E-state index contributed by atoms with van der Waals surface area (Å²) in [7, 11) is 0. The molecule has 1 spiro atoms. The van der Waals surface area contributed by atoms with E-state index < -0.39 is 0 Å². The largest absolute Gasteiger partial charge is 0.395 e. The van der Waals surface area contributed by atoms with Gasteiger partial charge in [0.2, 0.25) is 5.91 Å². The zero-order chi connectivity index (χ0) is 14.0. The smallest absolute Gasteiger partial charge is 0.230 e. The molecule has 0 aliphatic carbocycles. The Morgan fingerprint density at radius 3 is 2.80 bits per heavy atom. The van der Waals surface area contributed by atoms with Gasteiger partial charge in [0.15, 0.2) is 0 Å². The van der Waals surface area contributed by atoms with Crippen molar-refractivity contribution < 1.29 is 9.90 Å². The van der Waals surface area contributed by atoms with Crippen LogP contribution in [0.4, 0.5) is 5.69 Å². The maximum atomic E-state index is 12.7. The Morgan fingerprint density at radius 2 is 2.05 bits per heavy atom. The molecule has 108 valence electrons. The summed E-state index contributed by atoms with van der Waals surface area (Å²) < 4.78 is 0. The Bertz CT molecular complexity index is 477. The van der Waals surface area contributed by atoms with Crippen molar-refractivity contribution in [1.82, 2.24) is 9.88 Å². The first kappa shape index (κ1) is 13.4. The maximum absolute atomic E-state index is 12.7. The fourth-order valence-electron chi connectivity index (χ4n) is 3.51. The fraction of sp³-hybridized carbons (Fsp3) is 0.600. The van der Waals surface area contributed by atoms with Crippen LogP contribution in [0.2, 0.25) is 0 Å². The van der Waals surface area contributed by atoms with Gasteiger partial charge >= 0.3 is 0 Å². The molecule has 2 saturated heterocycles. The van der Waals surface area contributed by atoms with Gasteiger partial charge in [0, 0.05) is 44.3 Å². The van der Waals surface area contributed by atoms with Crippen LogP contribution in [0.5, 0.6) is 0 Å². The third-order valence-corrected chi connectivity index (χ3v) is 4.58. The van der Waals surface area contributed by atoms with Crippen molar-refractivity contribution in [3.63, 3.8) is 0 Å². The number of nitrogens with zero attached hydrogens (tertiary/aromatic N) is 3. The molecule has 1 aromatic rings. The van der Waals surface area contributed by atoms with Crippen LogP contribution >= 0.6 is 0 Å². The van der Waals surface area contributed by atoms with Crippen LogP contribution in [-0.4, -0.2) is 53.7 Å². The molecule has 0 saturated carbocycles. The highest BCUT2D eigenvalue weighted by molar-refractivity contribution is 5.85. The van der Waals surface area contributed by atoms with Gasteiger partial charge in [0.05, 0.1) is 12.0 Å². The minimum Gasteiger partial charge on any atom is -0.395 e. The molecule has 0 aromatic carbocycles. The van der Waals surface area contributed by atoms with Gasteiger partial charge in [-0.25, -0.2) is 0 Å². The molecule has 2 aliphatic heterocycles. The summed E-state index contributed by atoms with van der Waals surface area (Å²) in [5.41, 5.74) is 0.903. The van der Waals surface area contributed by atoms with Crippen LogP contribution in [0.3, 0.4) is 0 Å². The molecule has 0 bridgehead atoms. The highest BCUT2D eigenvalue weighted by Gasteiger charge is 2.48. The van der Waals surface area contributed by atoms with Crippen molar-refractivity contribution in [2.75, 3.05) is 37.7 Å². The lowest BCUT2D eigenvalue weighted by molar-refractivity contribution is -0.145. The highest BCUT2D eigenvalue weighted by atomic mass is 16.3. The second kappa shape index (κ2) is 5.40. The average Bonchev–Trinajstić information content (AvgIpc) is 2.91. The molecule has 1 N–H and O–H groups in total. The van der Waals surface area contributed by atoms with Gasteiger partial charge < -0.3 is 14.9 Å². The maximum Gasteiger partial charge on any atom is 0.230 e. The summed E-state index contributed by atoms with van der Waals surface area (Å²) in [5.74, 6) is 0.231. The molecule has 2 fully saturated rings. The van der Waals surface area contributed by atoms with Crippen LogP contribution in [0.25, 0.3) is 0 Å². The van der Waals surface area contributed by atoms with Crippen LogP contribution in [0.1, 0.15) is 19.3 Å². The zero-order valence-electron chi connectivity index (χ0n) is 11.7. The molecular weight excluding hydrogens is 254 g/mol. The van der Waals surface area contributed by atoms with E-state index in [2.05, 4.69) is 9.88 Å². The van der Waals surface area contributed by atoms with E-state index in [0.717, 1.165) is 44.6 Å². The molecular formula is C15H21N3O2. The second-order valence-electron chi connectivity index (χ2n) is 5.78. The summed E-state index contributed by atoms with van der Waals surface area (Å²) in [4.78, 5) is 20.8. The number of hydrogen-bond acceptors (Lipinski definition) is 4. The monoisotopic (exact) mass is 275 g/mol. The molecule has 1 unspecified atom stereocenters. The van der Waals surface area contributed by atoms with Crippen molar-refractivity contribution in [3.05, 3.63) is 24.5 Å². The number of amides is 1. The Labute approximate surface area is 119 Å². The first-order chi connectivity index (χ1) is 9.75. The predicted molar refractivity (Wildman–Crippen MR) is 76.4 cm³/mol. The Hall–Kier alpha value is -1.62. The number of aliphatic hydroxyl groups excluding tert-OH is 1. The zero-order valence-corrected chi connectivity index (χ0v) is 11.7. The predicted octanol–water partition coefficient (Wildman–Crippen LogP) is 0.893. The number of carbonyl (C=O) groups is 1. The lowest BCUT2D eigenvalue weighted by Crippen LogP contribution is -2.50. The second-order valence-corrected chi connectivity index (χ2v) is 5.78. The number of aliphatic hydroxyl groups is 1. The summed E-state index contributed by atoms with van der Waals surface area (Å²) in [6.45, 7) is 3.02. The molecule has 1 aromatic heterocycles. The van der Waals surface area contributed by atoms with Gasteiger partial charge in [0.25, 0.3) is 0 Å². The molecule has 20 heavy (non-hydrogen) atoms. The molecule has 3 rings (SSSR count). The molecule has 3 heterocycles. The molecule has 0 radical (unpaired) electrons. The first-order valence-electron chi connectivity index (χ1n) is 7.30. The topological polar surface area (TPSA) is 56.7 Å².